The first-order valence-electron chi connectivity index (χ1n) is 7.75. The predicted octanol–water partition coefficient (Wildman–Crippen LogP) is 3.54. The van der Waals surface area contributed by atoms with Crippen LogP contribution in [0.2, 0.25) is 0 Å². The number of rotatable bonds is 9. The van der Waals surface area contributed by atoms with E-state index in [1.807, 2.05) is 0 Å². The molecule has 0 unspecified atom stereocenters. The Kier molecular flexibility index (Phi) is 5.77. The molecule has 2 aromatic rings. The lowest BCUT2D eigenvalue weighted by atomic mass is 10.2. The van der Waals surface area contributed by atoms with Crippen molar-refractivity contribution in [2.24, 2.45) is 0 Å². The maximum absolute atomic E-state index is 4.48. The fraction of sp³-hybridized carbons (Fsp3) is 0.667. The van der Waals surface area contributed by atoms with Gasteiger partial charge >= 0.3 is 0 Å². The fourth-order valence-electron chi connectivity index (χ4n) is 2.42. The quantitative estimate of drug-likeness (QED) is 0.711. The molecule has 0 saturated carbocycles. The van der Waals surface area contributed by atoms with E-state index in [9.17, 15) is 0 Å². The number of imidazole rings is 1. The van der Waals surface area contributed by atoms with Crippen LogP contribution >= 0.6 is 0 Å². The van der Waals surface area contributed by atoms with E-state index in [0.29, 0.717) is 0 Å². The first kappa shape index (κ1) is 14.8. The van der Waals surface area contributed by atoms with Crippen molar-refractivity contribution in [1.29, 1.82) is 0 Å². The van der Waals surface area contributed by atoms with Gasteiger partial charge in [-0.05, 0) is 12.8 Å². The molecule has 5 heteroatoms. The maximum Gasteiger partial charge on any atom is 0.182 e. The van der Waals surface area contributed by atoms with Crippen molar-refractivity contribution in [1.82, 2.24) is 19.9 Å². The zero-order chi connectivity index (χ0) is 14.2. The van der Waals surface area contributed by atoms with Crippen LogP contribution in [0.5, 0.6) is 0 Å². The van der Waals surface area contributed by atoms with Crippen LogP contribution in [0.15, 0.2) is 12.7 Å². The summed E-state index contributed by atoms with van der Waals surface area (Å²) in [6, 6.07) is 0. The Bertz CT molecular complexity index is 498. The Morgan fingerprint density at radius 2 is 1.65 bits per heavy atom. The van der Waals surface area contributed by atoms with Crippen LogP contribution in [0.25, 0.3) is 11.2 Å². The molecule has 0 atom stereocenters. The standard InChI is InChI=1S/C15H25N5/c1-3-5-7-9-20(10-8-6-4-2)15-13-14(17-11-16-13)18-12-19-15/h11-12H,3-10H2,1-2H3,(H,16,17,18,19). The molecule has 20 heavy (non-hydrogen) atoms. The average molecular weight is 275 g/mol. The lowest BCUT2D eigenvalue weighted by Gasteiger charge is -2.23. The van der Waals surface area contributed by atoms with Crippen molar-refractivity contribution in [2.75, 3.05) is 18.0 Å². The maximum atomic E-state index is 4.48. The number of H-pyrrole nitrogens is 1. The molecule has 2 rings (SSSR count). The molecule has 0 radical (unpaired) electrons. The zero-order valence-electron chi connectivity index (χ0n) is 12.6. The first-order valence-corrected chi connectivity index (χ1v) is 7.75. The highest BCUT2D eigenvalue weighted by Crippen LogP contribution is 2.20. The average Bonchev–Trinajstić information content (AvgIpc) is 2.94. The van der Waals surface area contributed by atoms with Gasteiger partial charge in [0.2, 0.25) is 0 Å². The summed E-state index contributed by atoms with van der Waals surface area (Å²) in [7, 11) is 0. The van der Waals surface area contributed by atoms with Crippen molar-refractivity contribution < 1.29 is 0 Å². The second kappa shape index (κ2) is 7.82. The van der Waals surface area contributed by atoms with E-state index in [4.69, 9.17) is 0 Å². The number of aromatic nitrogens is 4. The molecule has 0 aliphatic rings. The van der Waals surface area contributed by atoms with Gasteiger partial charge in [-0.3, -0.25) is 0 Å². The topological polar surface area (TPSA) is 57.7 Å². The number of hydrogen-bond acceptors (Lipinski definition) is 4. The monoisotopic (exact) mass is 275 g/mol. The van der Waals surface area contributed by atoms with Gasteiger partial charge in [-0.25, -0.2) is 15.0 Å². The number of aromatic amines is 1. The number of unbranched alkanes of at least 4 members (excludes halogenated alkanes) is 4. The van der Waals surface area contributed by atoms with E-state index in [2.05, 4.69) is 38.7 Å². The molecule has 2 aromatic heterocycles. The Morgan fingerprint density at radius 3 is 2.30 bits per heavy atom. The highest BCUT2D eigenvalue weighted by atomic mass is 15.2. The van der Waals surface area contributed by atoms with E-state index < -0.39 is 0 Å². The summed E-state index contributed by atoms with van der Waals surface area (Å²) in [6.07, 6.45) is 10.7. The third-order valence-electron chi connectivity index (χ3n) is 3.57. The van der Waals surface area contributed by atoms with Gasteiger partial charge in [-0.1, -0.05) is 39.5 Å². The molecule has 0 bridgehead atoms. The summed E-state index contributed by atoms with van der Waals surface area (Å²) in [5.74, 6) is 1.000. The Labute approximate surface area is 120 Å². The minimum Gasteiger partial charge on any atom is -0.355 e. The Morgan fingerprint density at radius 1 is 0.950 bits per heavy atom. The number of fused-ring (bicyclic) bond motifs is 1. The number of anilines is 1. The van der Waals surface area contributed by atoms with Gasteiger partial charge in [0, 0.05) is 13.1 Å². The molecule has 0 amide bonds. The van der Waals surface area contributed by atoms with Crippen molar-refractivity contribution in [3.8, 4) is 0 Å². The SMILES string of the molecule is CCCCCN(CCCCC)c1ncnc2nc[nH]c12. The van der Waals surface area contributed by atoms with Crippen molar-refractivity contribution in [3.05, 3.63) is 12.7 Å². The van der Waals surface area contributed by atoms with E-state index in [1.54, 1.807) is 12.7 Å². The third kappa shape index (κ3) is 3.68. The van der Waals surface area contributed by atoms with E-state index in [1.165, 1.54) is 38.5 Å². The third-order valence-corrected chi connectivity index (χ3v) is 3.57. The molecule has 0 aromatic carbocycles. The second-order valence-electron chi connectivity index (χ2n) is 5.20. The minimum atomic E-state index is 0.756. The smallest absolute Gasteiger partial charge is 0.182 e. The van der Waals surface area contributed by atoms with Crippen LogP contribution in [0.1, 0.15) is 52.4 Å². The molecule has 110 valence electrons. The van der Waals surface area contributed by atoms with Crippen LogP contribution in [0, 0.1) is 0 Å². The molecule has 2 heterocycles. The molecule has 0 aliphatic carbocycles. The molecule has 0 spiro atoms. The second-order valence-corrected chi connectivity index (χ2v) is 5.20. The van der Waals surface area contributed by atoms with Crippen molar-refractivity contribution in [3.63, 3.8) is 0 Å². The number of nitrogens with one attached hydrogen (secondary N) is 1. The highest BCUT2D eigenvalue weighted by Gasteiger charge is 2.13. The summed E-state index contributed by atoms with van der Waals surface area (Å²) in [4.78, 5) is 18.5. The predicted molar refractivity (Wildman–Crippen MR) is 82.9 cm³/mol. The van der Waals surface area contributed by atoms with Gasteiger partial charge < -0.3 is 9.88 Å². The van der Waals surface area contributed by atoms with Crippen LogP contribution in [0.4, 0.5) is 5.82 Å². The molecule has 5 nitrogen and oxygen atoms in total. The molecule has 1 N–H and O–H groups in total. The summed E-state index contributed by atoms with van der Waals surface area (Å²) >= 11 is 0. The molecule has 0 fully saturated rings. The molecule has 0 saturated heterocycles. The van der Waals surface area contributed by atoms with E-state index in [-0.39, 0.29) is 0 Å². The fourth-order valence-corrected chi connectivity index (χ4v) is 2.42. The van der Waals surface area contributed by atoms with Gasteiger partial charge in [0.1, 0.15) is 11.8 Å². The minimum absolute atomic E-state index is 0.756. The lowest BCUT2D eigenvalue weighted by Crippen LogP contribution is -2.27. The van der Waals surface area contributed by atoms with Crippen LogP contribution < -0.4 is 4.90 Å². The molecular weight excluding hydrogens is 250 g/mol. The lowest BCUT2D eigenvalue weighted by molar-refractivity contribution is 0.633. The van der Waals surface area contributed by atoms with E-state index >= 15 is 0 Å². The van der Waals surface area contributed by atoms with Gasteiger partial charge in [0.25, 0.3) is 0 Å². The molecular formula is C15H25N5. The van der Waals surface area contributed by atoms with Crippen LogP contribution in [-0.4, -0.2) is 33.0 Å². The van der Waals surface area contributed by atoms with Crippen LogP contribution in [-0.2, 0) is 0 Å². The number of hydrogen-bond donors (Lipinski definition) is 1. The largest absolute Gasteiger partial charge is 0.355 e. The molecule has 0 aliphatic heterocycles. The Hall–Kier alpha value is -1.65. The van der Waals surface area contributed by atoms with Gasteiger partial charge in [-0.2, -0.15) is 0 Å². The van der Waals surface area contributed by atoms with E-state index in [0.717, 1.165) is 30.1 Å². The number of nitrogens with zero attached hydrogens (tertiary/aromatic N) is 4. The highest BCUT2D eigenvalue weighted by molar-refractivity contribution is 5.82. The summed E-state index contributed by atoms with van der Waals surface area (Å²) < 4.78 is 0. The van der Waals surface area contributed by atoms with Crippen molar-refractivity contribution in [2.45, 2.75) is 52.4 Å². The summed E-state index contributed by atoms with van der Waals surface area (Å²) in [5, 5.41) is 0. The first-order chi connectivity index (χ1) is 9.86. The van der Waals surface area contributed by atoms with Crippen LogP contribution in [0.3, 0.4) is 0 Å². The summed E-state index contributed by atoms with van der Waals surface area (Å²) in [6.45, 7) is 6.59. The van der Waals surface area contributed by atoms with Gasteiger partial charge in [-0.15, -0.1) is 0 Å². The zero-order valence-corrected chi connectivity index (χ0v) is 12.6. The summed E-state index contributed by atoms with van der Waals surface area (Å²) in [5.41, 5.74) is 1.71. The van der Waals surface area contributed by atoms with Crippen molar-refractivity contribution >= 4 is 17.0 Å². The van der Waals surface area contributed by atoms with Gasteiger partial charge in [0.05, 0.1) is 6.33 Å². The van der Waals surface area contributed by atoms with Gasteiger partial charge in [0.15, 0.2) is 11.5 Å². The normalized spacial score (nSPS) is 11.1. The Balaban J connectivity index is 2.13.